The van der Waals surface area contributed by atoms with Crippen LogP contribution in [0.15, 0.2) is 12.2 Å². The quantitative estimate of drug-likeness (QED) is 0.123. The van der Waals surface area contributed by atoms with E-state index < -0.39 is 0 Å². The molecule has 0 aliphatic heterocycles. The molecule has 0 N–H and O–H groups in total. The van der Waals surface area contributed by atoms with Gasteiger partial charge in [-0.25, -0.2) is 0 Å². The summed E-state index contributed by atoms with van der Waals surface area (Å²) in [7, 11) is 0. The van der Waals surface area contributed by atoms with Crippen molar-refractivity contribution in [2.24, 2.45) is 0 Å². The van der Waals surface area contributed by atoms with E-state index >= 15 is 0 Å². The van der Waals surface area contributed by atoms with Crippen molar-refractivity contribution in [3.63, 3.8) is 0 Å². The molecule has 132 valence electrons. The van der Waals surface area contributed by atoms with Gasteiger partial charge in [-0.1, -0.05) is 61.2 Å². The average Bonchev–Trinajstić information content (AvgIpc) is 2.53. The van der Waals surface area contributed by atoms with Crippen molar-refractivity contribution in [2.75, 3.05) is 18.5 Å². The number of ether oxygens (including phenoxy) is 2. The van der Waals surface area contributed by atoms with E-state index in [0.717, 1.165) is 37.8 Å². The molecule has 0 atom stereocenters. The summed E-state index contributed by atoms with van der Waals surface area (Å²) in [5, 5.41) is 1.11. The fourth-order valence-electron chi connectivity index (χ4n) is 2.11. The van der Waals surface area contributed by atoms with Gasteiger partial charge in [-0.15, -0.1) is 0 Å². The molecule has 0 heterocycles. The first-order valence-corrected chi connectivity index (χ1v) is 10.4. The number of hydrogen-bond donors (Lipinski definition) is 0. The van der Waals surface area contributed by atoms with Crippen LogP contribution < -0.4 is 0 Å². The van der Waals surface area contributed by atoms with Crippen molar-refractivity contribution in [1.82, 2.24) is 0 Å². The lowest BCUT2D eigenvalue weighted by Gasteiger charge is -2.18. The van der Waals surface area contributed by atoms with Gasteiger partial charge in [0.25, 0.3) is 0 Å². The molecule has 2 nitrogen and oxygen atoms in total. The summed E-state index contributed by atoms with van der Waals surface area (Å²) in [4.78, 5) is 0. The van der Waals surface area contributed by atoms with Gasteiger partial charge in [-0.2, -0.15) is 0 Å². The predicted octanol–water partition coefficient (Wildman–Crippen LogP) is 6.63. The average molecular weight is 377 g/mol. The maximum atomic E-state index is 5.86. The Morgan fingerprint density at radius 3 is 1.91 bits per heavy atom. The van der Waals surface area contributed by atoms with Crippen LogP contribution in [0.5, 0.6) is 0 Å². The third-order valence-electron chi connectivity index (χ3n) is 3.58. The third-order valence-corrected chi connectivity index (χ3v) is 4.15. The van der Waals surface area contributed by atoms with E-state index in [1.807, 2.05) is 0 Å². The second kappa shape index (κ2) is 19.2. The Hall–Kier alpha value is 0.140. The van der Waals surface area contributed by atoms with Crippen LogP contribution in [0, 0.1) is 0 Å². The molecule has 0 amide bonds. The monoisotopic (exact) mass is 376 g/mol. The Balaban J connectivity index is 3.61. The number of alkyl halides is 1. The Bertz CT molecular complexity index is 221. The lowest BCUT2D eigenvalue weighted by molar-refractivity contribution is -0.147. The van der Waals surface area contributed by atoms with Crippen LogP contribution >= 0.6 is 15.9 Å². The zero-order chi connectivity index (χ0) is 16.3. The van der Waals surface area contributed by atoms with Gasteiger partial charge in [-0.3, -0.25) is 0 Å². The van der Waals surface area contributed by atoms with Crippen molar-refractivity contribution in [2.45, 2.75) is 90.8 Å². The third kappa shape index (κ3) is 16.5. The summed E-state index contributed by atoms with van der Waals surface area (Å²) in [5.41, 5.74) is 0. The smallest absolute Gasteiger partial charge is 0.157 e. The summed E-state index contributed by atoms with van der Waals surface area (Å²) in [6.07, 6.45) is 17.7. The standard InChI is InChI=1S/C19H37BrO2/c1-3-5-17-21-19(22-18-6-4-2)15-13-11-9-7-8-10-12-14-16-20/h8,10,19H,3-7,9,11-18H2,1-2H3/b10-8-. The topological polar surface area (TPSA) is 18.5 Å². The summed E-state index contributed by atoms with van der Waals surface area (Å²) in [6.45, 7) is 6.07. The normalized spacial score (nSPS) is 11.8. The maximum Gasteiger partial charge on any atom is 0.157 e. The van der Waals surface area contributed by atoms with E-state index in [2.05, 4.69) is 41.9 Å². The van der Waals surface area contributed by atoms with Gasteiger partial charge in [0.1, 0.15) is 0 Å². The highest BCUT2D eigenvalue weighted by molar-refractivity contribution is 9.09. The van der Waals surface area contributed by atoms with Crippen LogP contribution in [0.25, 0.3) is 0 Å². The van der Waals surface area contributed by atoms with Gasteiger partial charge in [0.2, 0.25) is 0 Å². The summed E-state index contributed by atoms with van der Waals surface area (Å²) < 4.78 is 11.7. The molecule has 0 aromatic carbocycles. The molecular weight excluding hydrogens is 340 g/mol. The zero-order valence-corrected chi connectivity index (χ0v) is 16.4. The SMILES string of the molecule is CCCCOC(CCCCC/C=C\CCCBr)OCCCC. The number of allylic oxidation sites excluding steroid dienone is 2. The van der Waals surface area contributed by atoms with Crippen LogP contribution in [-0.2, 0) is 9.47 Å². The van der Waals surface area contributed by atoms with Crippen LogP contribution in [0.2, 0.25) is 0 Å². The van der Waals surface area contributed by atoms with Crippen LogP contribution in [0.1, 0.15) is 84.5 Å². The highest BCUT2D eigenvalue weighted by Gasteiger charge is 2.08. The fourth-order valence-corrected chi connectivity index (χ4v) is 2.44. The molecule has 0 unspecified atom stereocenters. The highest BCUT2D eigenvalue weighted by atomic mass is 79.9. The van der Waals surface area contributed by atoms with Gasteiger partial charge >= 0.3 is 0 Å². The van der Waals surface area contributed by atoms with Crippen molar-refractivity contribution < 1.29 is 9.47 Å². The Morgan fingerprint density at radius 2 is 1.36 bits per heavy atom. The minimum Gasteiger partial charge on any atom is -0.353 e. The van der Waals surface area contributed by atoms with Crippen LogP contribution in [0.4, 0.5) is 0 Å². The number of hydrogen-bond acceptors (Lipinski definition) is 2. The van der Waals surface area contributed by atoms with Gasteiger partial charge in [0.15, 0.2) is 6.29 Å². The first kappa shape index (κ1) is 22.1. The molecule has 0 aliphatic carbocycles. The second-order valence-corrected chi connectivity index (χ2v) is 6.61. The number of unbranched alkanes of at least 4 members (excludes halogenated alkanes) is 6. The Kier molecular flexibility index (Phi) is 19.3. The minimum absolute atomic E-state index is 0.0209. The van der Waals surface area contributed by atoms with Gasteiger partial charge < -0.3 is 9.47 Å². The molecule has 0 aromatic rings. The molecular formula is C19H37BrO2. The number of rotatable bonds is 17. The van der Waals surface area contributed by atoms with Crippen molar-refractivity contribution in [3.05, 3.63) is 12.2 Å². The summed E-state index contributed by atoms with van der Waals surface area (Å²) in [5.74, 6) is 0. The van der Waals surface area contributed by atoms with E-state index in [-0.39, 0.29) is 6.29 Å². The first-order valence-electron chi connectivity index (χ1n) is 9.29. The van der Waals surface area contributed by atoms with Gasteiger partial charge in [0, 0.05) is 18.5 Å². The highest BCUT2D eigenvalue weighted by Crippen LogP contribution is 2.12. The van der Waals surface area contributed by atoms with E-state index in [4.69, 9.17) is 9.47 Å². The molecule has 3 heteroatoms. The molecule has 0 aliphatic rings. The van der Waals surface area contributed by atoms with Crippen molar-refractivity contribution in [3.8, 4) is 0 Å². The Morgan fingerprint density at radius 1 is 0.773 bits per heavy atom. The largest absolute Gasteiger partial charge is 0.353 e. The lowest BCUT2D eigenvalue weighted by atomic mass is 10.1. The summed E-state index contributed by atoms with van der Waals surface area (Å²) >= 11 is 3.45. The molecule has 0 radical (unpaired) electrons. The molecule has 0 saturated heterocycles. The van der Waals surface area contributed by atoms with E-state index in [1.54, 1.807) is 0 Å². The Labute approximate surface area is 147 Å². The van der Waals surface area contributed by atoms with E-state index in [9.17, 15) is 0 Å². The van der Waals surface area contributed by atoms with Crippen molar-refractivity contribution in [1.29, 1.82) is 0 Å². The van der Waals surface area contributed by atoms with E-state index in [0.29, 0.717) is 0 Å². The predicted molar refractivity (Wildman–Crippen MR) is 101 cm³/mol. The van der Waals surface area contributed by atoms with Crippen LogP contribution in [-0.4, -0.2) is 24.8 Å². The van der Waals surface area contributed by atoms with Crippen molar-refractivity contribution >= 4 is 15.9 Å². The zero-order valence-electron chi connectivity index (χ0n) is 14.8. The molecule has 22 heavy (non-hydrogen) atoms. The molecule has 0 saturated carbocycles. The maximum absolute atomic E-state index is 5.86. The summed E-state index contributed by atoms with van der Waals surface area (Å²) in [6, 6.07) is 0. The molecule has 0 bridgehead atoms. The molecule has 0 spiro atoms. The first-order chi connectivity index (χ1) is 10.8. The second-order valence-electron chi connectivity index (χ2n) is 5.82. The lowest BCUT2D eigenvalue weighted by Crippen LogP contribution is -2.18. The van der Waals surface area contributed by atoms with Gasteiger partial charge in [-0.05, 0) is 51.4 Å². The van der Waals surface area contributed by atoms with Gasteiger partial charge in [0.05, 0.1) is 0 Å². The molecule has 0 rings (SSSR count). The van der Waals surface area contributed by atoms with E-state index in [1.165, 1.54) is 51.4 Å². The molecule has 0 fully saturated rings. The fraction of sp³-hybridized carbons (Fsp3) is 0.895. The number of halogens is 1. The van der Waals surface area contributed by atoms with Crippen LogP contribution in [0.3, 0.4) is 0 Å². The minimum atomic E-state index is 0.0209. The molecule has 0 aromatic heterocycles.